The molecule has 2 heterocycles. The van der Waals surface area contributed by atoms with Gasteiger partial charge in [-0.1, -0.05) is 44.2 Å². The van der Waals surface area contributed by atoms with Crippen LogP contribution in [0.25, 0.3) is 0 Å². The third kappa shape index (κ3) is 5.47. The molecule has 2 atom stereocenters. The van der Waals surface area contributed by atoms with Crippen LogP contribution in [-0.2, 0) is 20.8 Å². The molecule has 0 bridgehead atoms. The Morgan fingerprint density at radius 1 is 1.16 bits per heavy atom. The molecule has 1 aromatic rings. The van der Waals surface area contributed by atoms with Crippen LogP contribution in [0.4, 0.5) is 4.79 Å². The smallest absolute Gasteiger partial charge is 0.322 e. The number of hydrogen-bond donors (Lipinski definition) is 3. The molecule has 0 saturated carbocycles. The van der Waals surface area contributed by atoms with Crippen molar-refractivity contribution in [3.8, 4) is 0 Å². The monoisotopic (exact) mass is 442 g/mol. The lowest BCUT2D eigenvalue weighted by atomic mass is 9.74. The zero-order chi connectivity index (χ0) is 23.3. The van der Waals surface area contributed by atoms with Gasteiger partial charge in [-0.25, -0.2) is 4.79 Å². The summed E-state index contributed by atoms with van der Waals surface area (Å²) in [7, 11) is 0. The van der Waals surface area contributed by atoms with Crippen LogP contribution >= 0.6 is 0 Å². The molecule has 2 aliphatic heterocycles. The largest absolute Gasteiger partial charge is 0.345 e. The first kappa shape index (κ1) is 23.8. The van der Waals surface area contributed by atoms with Crippen molar-refractivity contribution in [2.75, 3.05) is 13.1 Å². The van der Waals surface area contributed by atoms with E-state index < -0.39 is 17.6 Å². The summed E-state index contributed by atoms with van der Waals surface area (Å²) in [6, 6.07) is 8.91. The highest BCUT2D eigenvalue weighted by Gasteiger charge is 2.52. The second kappa shape index (κ2) is 10.1. The maximum absolute atomic E-state index is 13.1. The van der Waals surface area contributed by atoms with Crippen LogP contribution in [-0.4, -0.2) is 53.3 Å². The van der Waals surface area contributed by atoms with Crippen LogP contribution in [0.15, 0.2) is 30.3 Å². The maximum Gasteiger partial charge on any atom is 0.322 e. The highest BCUT2D eigenvalue weighted by Crippen LogP contribution is 2.35. The van der Waals surface area contributed by atoms with Gasteiger partial charge in [-0.3, -0.25) is 19.7 Å². The summed E-state index contributed by atoms with van der Waals surface area (Å²) >= 11 is 0. The predicted octanol–water partition coefficient (Wildman–Crippen LogP) is 1.99. The minimum Gasteiger partial charge on any atom is -0.345 e. The van der Waals surface area contributed by atoms with E-state index in [1.165, 1.54) is 6.92 Å². The average molecular weight is 443 g/mol. The number of nitrogens with one attached hydrogen (secondary N) is 3. The first-order chi connectivity index (χ1) is 15.2. The fourth-order valence-electron chi connectivity index (χ4n) is 4.91. The first-order valence-corrected chi connectivity index (χ1v) is 11.4. The lowest BCUT2D eigenvalue weighted by molar-refractivity contribution is -0.138. The number of nitrogens with zero attached hydrogens (tertiary/aromatic N) is 1. The summed E-state index contributed by atoms with van der Waals surface area (Å²) in [5, 5.41) is 8.12. The third-order valence-corrected chi connectivity index (χ3v) is 6.51. The molecule has 2 fully saturated rings. The summed E-state index contributed by atoms with van der Waals surface area (Å²) in [5.74, 6) is -0.369. The Morgan fingerprint density at radius 3 is 2.34 bits per heavy atom. The number of carbonyl (C=O) groups excluding carboxylic acids is 4. The zero-order valence-electron chi connectivity index (χ0n) is 19.1. The van der Waals surface area contributed by atoms with Gasteiger partial charge in [0.25, 0.3) is 5.91 Å². The van der Waals surface area contributed by atoms with Crippen molar-refractivity contribution in [3.05, 3.63) is 35.9 Å². The van der Waals surface area contributed by atoms with Crippen molar-refractivity contribution in [1.82, 2.24) is 20.9 Å². The number of imide groups is 1. The van der Waals surface area contributed by atoms with E-state index >= 15 is 0 Å². The van der Waals surface area contributed by atoms with Gasteiger partial charge in [0.15, 0.2) is 0 Å². The van der Waals surface area contributed by atoms with E-state index in [1.807, 2.05) is 44.2 Å². The Hall–Kier alpha value is -2.90. The maximum atomic E-state index is 13.1. The first-order valence-electron chi connectivity index (χ1n) is 11.4. The van der Waals surface area contributed by atoms with Gasteiger partial charge >= 0.3 is 6.03 Å². The molecule has 0 aromatic heterocycles. The zero-order valence-corrected chi connectivity index (χ0v) is 19.1. The van der Waals surface area contributed by atoms with Gasteiger partial charge in [-0.05, 0) is 49.5 Å². The van der Waals surface area contributed by atoms with Crippen molar-refractivity contribution in [2.24, 2.45) is 11.8 Å². The van der Waals surface area contributed by atoms with Gasteiger partial charge in [0.2, 0.25) is 11.8 Å². The number of amides is 5. The average Bonchev–Trinajstić information content (AvgIpc) is 3.05. The van der Waals surface area contributed by atoms with Crippen LogP contribution in [0.2, 0.25) is 0 Å². The van der Waals surface area contributed by atoms with E-state index in [9.17, 15) is 19.2 Å². The quantitative estimate of drug-likeness (QED) is 0.535. The highest BCUT2D eigenvalue weighted by atomic mass is 16.2. The number of likely N-dealkylation sites (tertiary alicyclic amines) is 1. The highest BCUT2D eigenvalue weighted by molar-refractivity contribution is 6.07. The van der Waals surface area contributed by atoms with E-state index in [2.05, 4.69) is 16.0 Å². The second-order valence-corrected chi connectivity index (χ2v) is 9.35. The van der Waals surface area contributed by atoms with Gasteiger partial charge in [0, 0.05) is 20.0 Å². The molecule has 8 heteroatoms. The number of benzene rings is 1. The summed E-state index contributed by atoms with van der Waals surface area (Å²) in [6.07, 6.45) is 2.99. The normalized spacial score (nSPS) is 22.4. The minimum absolute atomic E-state index is 0.0639. The van der Waals surface area contributed by atoms with Crippen LogP contribution in [0.5, 0.6) is 0 Å². The second-order valence-electron chi connectivity index (χ2n) is 9.35. The lowest BCUT2D eigenvalue weighted by Crippen LogP contribution is -2.58. The number of aryl methyl sites for hydroxylation is 1. The van der Waals surface area contributed by atoms with E-state index in [0.717, 1.165) is 5.56 Å². The molecule has 174 valence electrons. The Morgan fingerprint density at radius 2 is 1.81 bits per heavy atom. The number of urea groups is 1. The van der Waals surface area contributed by atoms with Crippen LogP contribution in [0, 0.1) is 11.8 Å². The molecule has 2 aliphatic rings. The molecule has 8 nitrogen and oxygen atoms in total. The van der Waals surface area contributed by atoms with Crippen molar-refractivity contribution in [3.63, 3.8) is 0 Å². The van der Waals surface area contributed by atoms with E-state index in [-0.39, 0.29) is 29.6 Å². The number of hydrogen-bond acceptors (Lipinski definition) is 4. The van der Waals surface area contributed by atoms with Crippen molar-refractivity contribution in [1.29, 1.82) is 0 Å². The van der Waals surface area contributed by atoms with Crippen molar-refractivity contribution >= 4 is 23.8 Å². The van der Waals surface area contributed by atoms with E-state index in [1.54, 1.807) is 4.90 Å². The number of piperidine rings is 1. The van der Waals surface area contributed by atoms with E-state index in [0.29, 0.717) is 45.2 Å². The summed E-state index contributed by atoms with van der Waals surface area (Å²) in [4.78, 5) is 51.3. The molecule has 32 heavy (non-hydrogen) atoms. The Kier molecular flexibility index (Phi) is 7.53. The molecule has 1 unspecified atom stereocenters. The summed E-state index contributed by atoms with van der Waals surface area (Å²) in [6.45, 7) is 6.45. The molecular formula is C24H34N4O4. The SMILES string of the molecule is CC(=O)N[C@@H](CC(C)C)C(=O)N1CCC(C2(CCc3ccccc3)NC(=O)NC2=O)CC1. The predicted molar refractivity (Wildman–Crippen MR) is 121 cm³/mol. The number of carbonyl (C=O) groups is 4. The molecule has 3 N–H and O–H groups in total. The van der Waals surface area contributed by atoms with E-state index in [4.69, 9.17) is 0 Å². The van der Waals surface area contributed by atoms with Gasteiger partial charge in [-0.15, -0.1) is 0 Å². The van der Waals surface area contributed by atoms with Crippen LogP contribution in [0.3, 0.4) is 0 Å². The van der Waals surface area contributed by atoms with Gasteiger partial charge in [0.05, 0.1) is 0 Å². The minimum atomic E-state index is -0.961. The molecular weight excluding hydrogens is 408 g/mol. The van der Waals surface area contributed by atoms with Crippen molar-refractivity contribution < 1.29 is 19.2 Å². The molecule has 2 saturated heterocycles. The topological polar surface area (TPSA) is 108 Å². The fourth-order valence-corrected chi connectivity index (χ4v) is 4.91. The lowest BCUT2D eigenvalue weighted by Gasteiger charge is -2.41. The molecule has 0 aliphatic carbocycles. The number of rotatable bonds is 8. The molecule has 3 rings (SSSR count). The molecule has 0 radical (unpaired) electrons. The Bertz CT molecular complexity index is 849. The van der Waals surface area contributed by atoms with Crippen LogP contribution < -0.4 is 16.0 Å². The Labute approximate surface area is 189 Å². The standard InChI is InChI=1S/C24H34N4O4/c1-16(2)15-20(25-17(3)29)21(30)28-13-10-19(11-14-28)24(22(31)26-23(32)27-24)12-9-18-7-5-4-6-8-18/h4-8,16,19-20H,9-15H2,1-3H3,(H,25,29)(H2,26,27,31,32)/t20-,24?/m0/s1. The fraction of sp³-hybridized carbons (Fsp3) is 0.583. The molecule has 5 amide bonds. The van der Waals surface area contributed by atoms with Gasteiger partial charge in [-0.2, -0.15) is 0 Å². The van der Waals surface area contributed by atoms with Gasteiger partial charge in [0.1, 0.15) is 11.6 Å². The summed E-state index contributed by atoms with van der Waals surface area (Å²) in [5.41, 5.74) is 0.150. The summed E-state index contributed by atoms with van der Waals surface area (Å²) < 4.78 is 0. The van der Waals surface area contributed by atoms with Gasteiger partial charge < -0.3 is 15.5 Å². The molecule has 1 aromatic carbocycles. The van der Waals surface area contributed by atoms with Crippen molar-refractivity contribution in [2.45, 2.75) is 64.5 Å². The molecule has 0 spiro atoms. The Balaban J connectivity index is 1.68. The van der Waals surface area contributed by atoms with Crippen LogP contribution in [0.1, 0.15) is 52.0 Å². The third-order valence-electron chi connectivity index (χ3n) is 6.51.